The minimum Gasteiger partial charge on any atom is -0.504 e. The highest BCUT2D eigenvalue weighted by Gasteiger charge is 2.10. The maximum atomic E-state index is 12.0. The molecule has 8 heteroatoms. The maximum Gasteiger partial charge on any atom is 0.226 e. The number of ether oxygens (including phenoxy) is 2. The van der Waals surface area contributed by atoms with Crippen molar-refractivity contribution in [2.75, 3.05) is 14.2 Å². The van der Waals surface area contributed by atoms with Crippen molar-refractivity contribution < 1.29 is 23.9 Å². The molecule has 0 aliphatic carbocycles. The lowest BCUT2D eigenvalue weighted by molar-refractivity contribution is -0.121. The van der Waals surface area contributed by atoms with Gasteiger partial charge in [0.15, 0.2) is 11.5 Å². The van der Waals surface area contributed by atoms with Gasteiger partial charge in [0.05, 0.1) is 14.2 Å². The highest BCUT2D eigenvalue weighted by molar-refractivity contribution is 5.75. The molecule has 0 spiro atoms. The van der Waals surface area contributed by atoms with Gasteiger partial charge in [0.2, 0.25) is 17.6 Å². The van der Waals surface area contributed by atoms with Crippen molar-refractivity contribution in [2.45, 2.75) is 25.8 Å². The second-order valence-electron chi connectivity index (χ2n) is 6.38. The summed E-state index contributed by atoms with van der Waals surface area (Å²) in [7, 11) is 3.09. The Bertz CT molecular complexity index is 953. The Morgan fingerprint density at radius 3 is 2.66 bits per heavy atom. The number of nitrogens with zero attached hydrogens (tertiary/aromatic N) is 2. The van der Waals surface area contributed by atoms with E-state index >= 15 is 0 Å². The molecule has 0 bridgehead atoms. The molecule has 0 aliphatic rings. The molecule has 29 heavy (non-hydrogen) atoms. The number of rotatable bonds is 9. The molecule has 1 amide bonds. The van der Waals surface area contributed by atoms with E-state index in [2.05, 4.69) is 15.5 Å². The average Bonchev–Trinajstić information content (AvgIpc) is 3.22. The van der Waals surface area contributed by atoms with Gasteiger partial charge in [-0.3, -0.25) is 4.79 Å². The molecule has 8 nitrogen and oxygen atoms in total. The lowest BCUT2D eigenvalue weighted by Gasteiger charge is -2.08. The molecule has 1 aromatic heterocycles. The van der Waals surface area contributed by atoms with Crippen LogP contribution >= 0.6 is 0 Å². The zero-order valence-corrected chi connectivity index (χ0v) is 16.3. The Labute approximate surface area is 168 Å². The maximum absolute atomic E-state index is 12.0. The smallest absolute Gasteiger partial charge is 0.226 e. The lowest BCUT2D eigenvalue weighted by atomic mass is 10.2. The van der Waals surface area contributed by atoms with E-state index in [0.29, 0.717) is 43.3 Å². The average molecular weight is 397 g/mol. The normalized spacial score (nSPS) is 10.6. The van der Waals surface area contributed by atoms with Crippen LogP contribution in [0.15, 0.2) is 47.0 Å². The van der Waals surface area contributed by atoms with E-state index in [0.717, 1.165) is 16.9 Å². The van der Waals surface area contributed by atoms with Crippen molar-refractivity contribution in [3.8, 4) is 28.6 Å². The number of methoxy groups -OCH3 is 2. The Morgan fingerprint density at radius 2 is 1.93 bits per heavy atom. The molecule has 2 N–H and O–H groups in total. The van der Waals surface area contributed by atoms with E-state index in [1.54, 1.807) is 19.2 Å². The standard InChI is InChI=1S/C21H23N3O5/c1-27-16-9-7-15(8-10-16)21-23-20(29-24-21)5-3-4-19(26)22-13-14-6-11-17(25)18(12-14)28-2/h6-12,25H,3-5,13H2,1-2H3,(H,22,26). The third kappa shape index (κ3) is 5.47. The quantitative estimate of drug-likeness (QED) is 0.571. The molecule has 0 saturated carbocycles. The Morgan fingerprint density at radius 1 is 1.14 bits per heavy atom. The summed E-state index contributed by atoms with van der Waals surface area (Å²) < 4.78 is 15.5. The second-order valence-corrected chi connectivity index (χ2v) is 6.38. The highest BCUT2D eigenvalue weighted by Crippen LogP contribution is 2.26. The number of phenols is 1. The molecular formula is C21H23N3O5. The van der Waals surface area contributed by atoms with Gasteiger partial charge in [-0.25, -0.2) is 0 Å². The van der Waals surface area contributed by atoms with Gasteiger partial charge in [0, 0.05) is 24.9 Å². The van der Waals surface area contributed by atoms with Crippen LogP contribution in [-0.4, -0.2) is 35.4 Å². The van der Waals surface area contributed by atoms with E-state index in [4.69, 9.17) is 14.0 Å². The summed E-state index contributed by atoms with van der Waals surface area (Å²) in [5.74, 6) is 2.12. The van der Waals surface area contributed by atoms with Gasteiger partial charge in [-0.15, -0.1) is 0 Å². The number of hydrogen-bond acceptors (Lipinski definition) is 7. The molecule has 3 aromatic rings. The molecule has 3 rings (SSSR count). The zero-order chi connectivity index (χ0) is 20.6. The number of amides is 1. The summed E-state index contributed by atoms with van der Waals surface area (Å²) in [5.41, 5.74) is 1.68. The predicted molar refractivity (Wildman–Crippen MR) is 106 cm³/mol. The van der Waals surface area contributed by atoms with Gasteiger partial charge in [-0.1, -0.05) is 11.2 Å². The van der Waals surface area contributed by atoms with Gasteiger partial charge < -0.3 is 24.4 Å². The second kappa shape index (κ2) is 9.59. The van der Waals surface area contributed by atoms with Crippen molar-refractivity contribution in [1.29, 1.82) is 0 Å². The fourth-order valence-corrected chi connectivity index (χ4v) is 2.73. The summed E-state index contributed by atoms with van der Waals surface area (Å²) >= 11 is 0. The monoisotopic (exact) mass is 397 g/mol. The van der Waals surface area contributed by atoms with Crippen molar-refractivity contribution in [2.24, 2.45) is 0 Å². The van der Waals surface area contributed by atoms with Gasteiger partial charge in [0.25, 0.3) is 0 Å². The third-order valence-corrected chi connectivity index (χ3v) is 4.34. The van der Waals surface area contributed by atoms with Gasteiger partial charge in [0.1, 0.15) is 5.75 Å². The van der Waals surface area contributed by atoms with Crippen molar-refractivity contribution in [3.05, 3.63) is 53.9 Å². The number of benzene rings is 2. The summed E-state index contributed by atoms with van der Waals surface area (Å²) in [6.07, 6.45) is 1.45. The van der Waals surface area contributed by atoms with Crippen LogP contribution in [0.25, 0.3) is 11.4 Å². The number of aromatic hydroxyl groups is 1. The molecule has 1 heterocycles. The first-order valence-electron chi connectivity index (χ1n) is 9.18. The molecule has 0 atom stereocenters. The number of nitrogens with one attached hydrogen (secondary N) is 1. The van der Waals surface area contributed by atoms with Crippen LogP contribution in [0.3, 0.4) is 0 Å². The van der Waals surface area contributed by atoms with Crippen LogP contribution in [0, 0.1) is 0 Å². The first-order chi connectivity index (χ1) is 14.1. The lowest BCUT2D eigenvalue weighted by Crippen LogP contribution is -2.22. The number of carbonyl (C=O) groups excluding carboxylic acids is 1. The van der Waals surface area contributed by atoms with E-state index in [1.165, 1.54) is 13.2 Å². The van der Waals surface area contributed by atoms with E-state index < -0.39 is 0 Å². The number of aryl methyl sites for hydroxylation is 1. The fourth-order valence-electron chi connectivity index (χ4n) is 2.73. The molecule has 152 valence electrons. The van der Waals surface area contributed by atoms with E-state index in [1.807, 2.05) is 24.3 Å². The number of aromatic nitrogens is 2. The molecule has 0 fully saturated rings. The molecular weight excluding hydrogens is 374 g/mol. The zero-order valence-electron chi connectivity index (χ0n) is 16.3. The third-order valence-electron chi connectivity index (χ3n) is 4.34. The van der Waals surface area contributed by atoms with Gasteiger partial charge in [-0.05, 0) is 48.4 Å². The molecule has 0 unspecified atom stereocenters. The Balaban J connectivity index is 1.44. The summed E-state index contributed by atoms with van der Waals surface area (Å²) in [6.45, 7) is 0.359. The van der Waals surface area contributed by atoms with Crippen LogP contribution in [-0.2, 0) is 17.8 Å². The van der Waals surface area contributed by atoms with Crippen LogP contribution < -0.4 is 14.8 Å². The summed E-state index contributed by atoms with van der Waals surface area (Å²) in [6, 6.07) is 12.3. The Hall–Kier alpha value is -3.55. The van der Waals surface area contributed by atoms with E-state index in [9.17, 15) is 9.90 Å². The molecule has 0 aliphatic heterocycles. The van der Waals surface area contributed by atoms with Gasteiger partial charge >= 0.3 is 0 Å². The number of hydrogen-bond donors (Lipinski definition) is 2. The number of phenolic OH excluding ortho intramolecular Hbond substituents is 1. The summed E-state index contributed by atoms with van der Waals surface area (Å²) in [4.78, 5) is 16.4. The highest BCUT2D eigenvalue weighted by atomic mass is 16.5. The topological polar surface area (TPSA) is 107 Å². The van der Waals surface area contributed by atoms with Gasteiger partial charge in [-0.2, -0.15) is 4.98 Å². The SMILES string of the molecule is COc1ccc(-c2noc(CCCC(=O)NCc3ccc(O)c(OC)c3)n2)cc1. The van der Waals surface area contributed by atoms with Crippen LogP contribution in [0.1, 0.15) is 24.3 Å². The minimum absolute atomic E-state index is 0.0659. The van der Waals surface area contributed by atoms with E-state index in [-0.39, 0.29) is 11.7 Å². The predicted octanol–water partition coefficient (Wildman–Crippen LogP) is 3.10. The van der Waals surface area contributed by atoms with Crippen LogP contribution in [0.5, 0.6) is 17.2 Å². The van der Waals surface area contributed by atoms with Crippen molar-refractivity contribution >= 4 is 5.91 Å². The largest absolute Gasteiger partial charge is 0.504 e. The first-order valence-corrected chi connectivity index (χ1v) is 9.18. The van der Waals surface area contributed by atoms with Crippen LogP contribution in [0.2, 0.25) is 0 Å². The minimum atomic E-state index is -0.0769. The summed E-state index contributed by atoms with van der Waals surface area (Å²) in [5, 5.41) is 16.4. The number of carbonyl (C=O) groups is 1. The molecule has 0 radical (unpaired) electrons. The van der Waals surface area contributed by atoms with Crippen molar-refractivity contribution in [1.82, 2.24) is 15.5 Å². The Kier molecular flexibility index (Phi) is 6.67. The molecule has 0 saturated heterocycles. The first kappa shape index (κ1) is 20.2. The van der Waals surface area contributed by atoms with Crippen molar-refractivity contribution in [3.63, 3.8) is 0 Å². The molecule has 2 aromatic carbocycles. The fraction of sp³-hybridized carbons (Fsp3) is 0.286. The van der Waals surface area contributed by atoms with Crippen LogP contribution in [0.4, 0.5) is 0 Å².